The molecule has 1 rings (SSSR count). The molecule has 5 heteroatoms. The quantitative estimate of drug-likeness (QED) is 0.390. The Morgan fingerprint density at radius 2 is 2.18 bits per heavy atom. The van der Waals surface area contributed by atoms with E-state index in [1.165, 1.54) is 11.8 Å². The number of carbonyl (C=O) groups is 1. The monoisotopic (exact) mass is 267 g/mol. The number of thioether (sulfide) groups is 1. The standard InChI is InChI=1S/C12H13NO2S2/c1-2-15-12(14)13-11(16)8-9-17-10-6-4-3-5-7-10/h3-9H,2H2,1H3,(H,13,14,16). The van der Waals surface area contributed by atoms with E-state index in [-0.39, 0.29) is 0 Å². The van der Waals surface area contributed by atoms with Crippen molar-refractivity contribution in [3.05, 3.63) is 41.8 Å². The van der Waals surface area contributed by atoms with Gasteiger partial charge in [-0.05, 0) is 30.5 Å². The minimum Gasteiger partial charge on any atom is -0.448 e. The molecule has 1 aromatic rings. The van der Waals surface area contributed by atoms with E-state index in [4.69, 9.17) is 0 Å². The molecule has 0 spiro atoms. The average Bonchev–Trinajstić information content (AvgIpc) is 2.30. The predicted octanol–water partition coefficient (Wildman–Crippen LogP) is 3.78. The molecular weight excluding hydrogens is 254 g/mol. The van der Waals surface area contributed by atoms with Crippen LogP contribution in [0, 0.1) is 0 Å². The average molecular weight is 267 g/mol. The molecule has 1 aromatic carbocycles. The van der Waals surface area contributed by atoms with E-state index in [1.807, 2.05) is 35.7 Å². The van der Waals surface area contributed by atoms with Crippen LogP contribution in [0.15, 0.2) is 51.7 Å². The van der Waals surface area contributed by atoms with Gasteiger partial charge in [0.1, 0.15) is 5.04 Å². The van der Waals surface area contributed by atoms with Crippen LogP contribution in [-0.2, 0) is 4.74 Å². The van der Waals surface area contributed by atoms with Gasteiger partial charge in [-0.3, -0.25) is 0 Å². The topological polar surface area (TPSA) is 38.7 Å². The molecule has 0 atom stereocenters. The summed E-state index contributed by atoms with van der Waals surface area (Å²) >= 11 is 5.58. The Morgan fingerprint density at radius 3 is 2.82 bits per heavy atom. The summed E-state index contributed by atoms with van der Waals surface area (Å²) in [4.78, 5) is 15.7. The van der Waals surface area contributed by atoms with Gasteiger partial charge in [0.25, 0.3) is 0 Å². The molecule has 0 radical (unpaired) electrons. The second-order valence-electron chi connectivity index (χ2n) is 2.90. The van der Waals surface area contributed by atoms with Crippen molar-refractivity contribution >= 4 is 35.5 Å². The molecule has 90 valence electrons. The van der Waals surface area contributed by atoms with Crippen LogP contribution in [-0.4, -0.2) is 17.7 Å². The Hall–Kier alpha value is -1.20. The zero-order valence-corrected chi connectivity index (χ0v) is 11.1. The summed E-state index contributed by atoms with van der Waals surface area (Å²) in [5.41, 5.74) is 0. The molecule has 0 saturated heterocycles. The van der Waals surface area contributed by atoms with Crippen LogP contribution in [0.25, 0.3) is 0 Å². The summed E-state index contributed by atoms with van der Waals surface area (Å²) < 4.78 is 4.66. The molecule has 0 saturated carbocycles. The lowest BCUT2D eigenvalue weighted by atomic mass is 10.4. The normalized spacial score (nSPS) is 11.8. The molecule has 3 nitrogen and oxygen atoms in total. The second kappa shape index (κ2) is 7.97. The fraction of sp³-hybridized carbons (Fsp3) is 0.167. The maximum absolute atomic E-state index is 11.0. The number of carbonyl (C=O) groups excluding carboxylic acids is 1. The van der Waals surface area contributed by atoms with Crippen LogP contribution >= 0.6 is 24.4 Å². The van der Waals surface area contributed by atoms with Crippen molar-refractivity contribution in [1.82, 2.24) is 0 Å². The van der Waals surface area contributed by atoms with E-state index in [9.17, 15) is 4.79 Å². The van der Waals surface area contributed by atoms with E-state index < -0.39 is 6.09 Å². The largest absolute Gasteiger partial charge is 0.448 e. The highest BCUT2D eigenvalue weighted by Gasteiger charge is 1.97. The van der Waals surface area contributed by atoms with Gasteiger partial charge in [0.15, 0.2) is 0 Å². The number of hydrogen-bond acceptors (Lipinski definition) is 3. The second-order valence-corrected chi connectivity index (χ2v) is 4.34. The van der Waals surface area contributed by atoms with Crippen molar-refractivity contribution in [1.29, 1.82) is 0 Å². The van der Waals surface area contributed by atoms with E-state index in [0.717, 1.165) is 4.90 Å². The van der Waals surface area contributed by atoms with Crippen LogP contribution in [0.3, 0.4) is 0 Å². The van der Waals surface area contributed by atoms with Gasteiger partial charge in [-0.15, -0.1) is 12.6 Å². The maximum Gasteiger partial charge on any atom is 0.434 e. The Morgan fingerprint density at radius 1 is 1.47 bits per heavy atom. The van der Waals surface area contributed by atoms with Gasteiger partial charge < -0.3 is 4.74 Å². The number of ether oxygens (including phenoxy) is 1. The van der Waals surface area contributed by atoms with Crippen molar-refractivity contribution in [2.75, 3.05) is 6.61 Å². The minimum absolute atomic E-state index is 0.311. The third kappa shape index (κ3) is 6.19. The number of hydrogen-bond donors (Lipinski definition) is 1. The Balaban J connectivity index is 2.46. The SMILES string of the molecule is CCOC(=O)N=C(S)C=CSc1ccccc1. The summed E-state index contributed by atoms with van der Waals surface area (Å²) in [6.07, 6.45) is 1.03. The van der Waals surface area contributed by atoms with Crippen LogP contribution < -0.4 is 0 Å². The molecule has 0 bridgehead atoms. The zero-order chi connectivity index (χ0) is 12.5. The highest BCUT2D eigenvalue weighted by atomic mass is 32.2. The summed E-state index contributed by atoms with van der Waals surface area (Å²) in [5, 5.41) is 2.15. The first-order valence-corrected chi connectivity index (χ1v) is 6.37. The van der Waals surface area contributed by atoms with Crippen LogP contribution in [0.4, 0.5) is 4.79 Å². The van der Waals surface area contributed by atoms with E-state index in [1.54, 1.807) is 13.0 Å². The lowest BCUT2D eigenvalue weighted by Crippen LogP contribution is -1.99. The summed E-state index contributed by atoms with van der Waals surface area (Å²) in [7, 11) is 0. The Labute approximate surface area is 110 Å². The van der Waals surface area contributed by atoms with E-state index in [2.05, 4.69) is 22.4 Å². The molecule has 0 N–H and O–H groups in total. The fourth-order valence-electron chi connectivity index (χ4n) is 0.959. The number of thiol groups is 1. The molecule has 17 heavy (non-hydrogen) atoms. The highest BCUT2D eigenvalue weighted by Crippen LogP contribution is 2.18. The molecule has 0 aliphatic carbocycles. The summed E-state index contributed by atoms with van der Waals surface area (Å²) in [6.45, 7) is 2.04. The van der Waals surface area contributed by atoms with Crippen molar-refractivity contribution in [3.8, 4) is 0 Å². The number of nitrogens with zero attached hydrogens (tertiary/aromatic N) is 1. The van der Waals surface area contributed by atoms with Gasteiger partial charge in [0, 0.05) is 4.90 Å². The van der Waals surface area contributed by atoms with Gasteiger partial charge in [-0.25, -0.2) is 4.79 Å². The molecule has 0 unspecified atom stereocenters. The number of rotatable bonds is 4. The number of aliphatic imine (C=N–C) groups is 1. The minimum atomic E-state index is -0.619. The van der Waals surface area contributed by atoms with Gasteiger partial charge in [-0.1, -0.05) is 30.0 Å². The first-order chi connectivity index (χ1) is 8.22. The molecule has 0 fully saturated rings. The lowest BCUT2D eigenvalue weighted by molar-refractivity contribution is 0.163. The number of benzene rings is 1. The summed E-state index contributed by atoms with van der Waals surface area (Å²) in [5.74, 6) is 0. The van der Waals surface area contributed by atoms with Gasteiger partial charge in [0.05, 0.1) is 6.61 Å². The number of amides is 1. The highest BCUT2D eigenvalue weighted by molar-refractivity contribution is 8.02. The van der Waals surface area contributed by atoms with Gasteiger partial charge in [-0.2, -0.15) is 4.99 Å². The van der Waals surface area contributed by atoms with Crippen molar-refractivity contribution in [2.45, 2.75) is 11.8 Å². The van der Waals surface area contributed by atoms with Crippen LogP contribution in [0.2, 0.25) is 0 Å². The molecule has 1 amide bonds. The van der Waals surface area contributed by atoms with Gasteiger partial charge in [0.2, 0.25) is 0 Å². The summed E-state index contributed by atoms with van der Waals surface area (Å²) in [6, 6.07) is 9.88. The van der Waals surface area contributed by atoms with Gasteiger partial charge >= 0.3 is 6.09 Å². The fourth-order valence-corrected chi connectivity index (χ4v) is 1.88. The molecule has 0 aliphatic rings. The molecular formula is C12H13NO2S2. The Bertz CT molecular complexity index is 416. The van der Waals surface area contributed by atoms with Crippen LogP contribution in [0.1, 0.15) is 6.92 Å². The first-order valence-electron chi connectivity index (χ1n) is 5.05. The molecule has 0 heterocycles. The third-order valence-electron chi connectivity index (χ3n) is 1.64. The Kier molecular flexibility index (Phi) is 6.50. The van der Waals surface area contributed by atoms with Crippen LogP contribution in [0.5, 0.6) is 0 Å². The van der Waals surface area contributed by atoms with E-state index >= 15 is 0 Å². The maximum atomic E-state index is 11.0. The predicted molar refractivity (Wildman–Crippen MR) is 74.9 cm³/mol. The third-order valence-corrected chi connectivity index (χ3v) is 2.70. The molecule has 0 aromatic heterocycles. The van der Waals surface area contributed by atoms with Crippen molar-refractivity contribution in [2.24, 2.45) is 4.99 Å². The van der Waals surface area contributed by atoms with E-state index in [0.29, 0.717) is 11.7 Å². The van der Waals surface area contributed by atoms with Crippen molar-refractivity contribution in [3.63, 3.8) is 0 Å². The smallest absolute Gasteiger partial charge is 0.434 e. The van der Waals surface area contributed by atoms with Crippen molar-refractivity contribution < 1.29 is 9.53 Å². The first kappa shape index (κ1) is 13.9. The molecule has 0 aliphatic heterocycles. The lowest BCUT2D eigenvalue weighted by Gasteiger charge is -1.95. The zero-order valence-electron chi connectivity index (χ0n) is 9.37.